The molecule has 0 amide bonds. The lowest BCUT2D eigenvalue weighted by Crippen LogP contribution is -2.41. The highest BCUT2D eigenvalue weighted by atomic mass is 16.5. The summed E-state index contributed by atoms with van der Waals surface area (Å²) in [6.45, 7) is 4.27. The number of hydrogen-bond donors (Lipinski definition) is 0. The first-order valence-corrected chi connectivity index (χ1v) is 13.9. The predicted molar refractivity (Wildman–Crippen MR) is 149 cm³/mol. The van der Waals surface area contributed by atoms with Crippen molar-refractivity contribution >= 4 is 17.5 Å². The minimum atomic E-state index is -0.531. The van der Waals surface area contributed by atoms with Crippen LogP contribution in [0.4, 0.5) is 0 Å². The van der Waals surface area contributed by atoms with Crippen LogP contribution < -0.4 is 14.2 Å². The third-order valence-electron chi connectivity index (χ3n) is 8.18. The highest BCUT2D eigenvalue weighted by Crippen LogP contribution is 2.47. The molecule has 0 N–H and O–H groups in total. The van der Waals surface area contributed by atoms with E-state index in [4.69, 9.17) is 23.9 Å². The molecule has 2 aromatic rings. The van der Waals surface area contributed by atoms with Gasteiger partial charge in [-0.25, -0.2) is 4.79 Å². The van der Waals surface area contributed by atoms with Gasteiger partial charge in [0.15, 0.2) is 11.5 Å². The van der Waals surface area contributed by atoms with Crippen LogP contribution in [0.2, 0.25) is 0 Å². The van der Waals surface area contributed by atoms with Gasteiger partial charge in [0, 0.05) is 23.7 Å². The van der Waals surface area contributed by atoms with Crippen LogP contribution in [0, 0.1) is 5.92 Å². The number of esters is 1. The summed E-state index contributed by atoms with van der Waals surface area (Å²) in [5.74, 6) is 0.675. The minimum Gasteiger partial charge on any atom is -0.497 e. The van der Waals surface area contributed by atoms with Crippen molar-refractivity contribution < 1.29 is 28.5 Å². The van der Waals surface area contributed by atoms with E-state index in [1.165, 1.54) is 0 Å². The molecule has 2 aliphatic carbocycles. The van der Waals surface area contributed by atoms with Crippen LogP contribution in [0.5, 0.6) is 17.2 Å². The van der Waals surface area contributed by atoms with Crippen molar-refractivity contribution in [1.82, 2.24) is 0 Å². The third-order valence-corrected chi connectivity index (χ3v) is 8.18. The fraction of sp³-hybridized carbons (Fsp3) is 0.469. The lowest BCUT2D eigenvalue weighted by Gasteiger charge is -2.38. The molecule has 1 aliphatic heterocycles. The number of carbonyl (C=O) groups excluding carboxylic acids is 2. The molecule has 0 spiro atoms. The Kier molecular flexibility index (Phi) is 8.05. The molecule has 2 saturated carbocycles. The van der Waals surface area contributed by atoms with Crippen LogP contribution in [0.3, 0.4) is 0 Å². The molecule has 3 atom stereocenters. The predicted octanol–water partition coefficient (Wildman–Crippen LogP) is 6.16. The summed E-state index contributed by atoms with van der Waals surface area (Å²) in [4.78, 5) is 32.5. The molecule has 2 fully saturated rings. The summed E-state index contributed by atoms with van der Waals surface area (Å²) in [5, 5.41) is 0. The molecule has 1 unspecified atom stereocenters. The number of hydrogen-bond acceptors (Lipinski definition) is 7. The Morgan fingerprint density at radius 3 is 2.31 bits per heavy atom. The fourth-order valence-corrected chi connectivity index (χ4v) is 6.29. The molecule has 7 heteroatoms. The summed E-state index contributed by atoms with van der Waals surface area (Å²) >= 11 is 0. The topological polar surface area (TPSA) is 83.4 Å². The van der Waals surface area contributed by atoms with Gasteiger partial charge >= 0.3 is 5.97 Å². The van der Waals surface area contributed by atoms with Crippen molar-refractivity contribution in [3.05, 3.63) is 64.9 Å². The standard InChI is InChI=1S/C32H37NO6/c1-5-38-27-15-12-21(18-28(27)37-4)30-29(32(35)39-24-8-6-7-9-24)19(2)33-25-16-22(17-26(34)31(25)30)20-10-13-23(36-3)14-11-20/h10-15,18,22,24,30-31H,5-9,16-17H2,1-4H3/t22-,30-,31?/m0/s1. The molecular weight excluding hydrogens is 494 g/mol. The van der Waals surface area contributed by atoms with E-state index in [2.05, 4.69) is 0 Å². The van der Waals surface area contributed by atoms with E-state index in [-0.39, 0.29) is 23.8 Å². The summed E-state index contributed by atoms with van der Waals surface area (Å²) in [5.41, 5.74) is 3.81. The Morgan fingerprint density at radius 1 is 0.923 bits per heavy atom. The van der Waals surface area contributed by atoms with Crippen molar-refractivity contribution in [2.75, 3.05) is 20.8 Å². The number of methoxy groups -OCH3 is 2. The van der Waals surface area contributed by atoms with Gasteiger partial charge < -0.3 is 18.9 Å². The second-order valence-corrected chi connectivity index (χ2v) is 10.6. The molecule has 0 bridgehead atoms. The Labute approximate surface area is 230 Å². The number of Topliss-reactive ketones (excluding diaryl/α,β-unsaturated/α-hetero) is 1. The molecule has 2 aromatic carbocycles. The average molecular weight is 532 g/mol. The SMILES string of the molecule is CCOc1ccc([C@H]2C(C(=O)OC3CCCC3)=C(C)N=C3C[C@H](c4ccc(OC)cc4)CC(=O)C32)cc1OC. The normalized spacial score (nSPS) is 23.2. The van der Waals surface area contributed by atoms with Gasteiger partial charge in [-0.3, -0.25) is 9.79 Å². The largest absolute Gasteiger partial charge is 0.497 e. The van der Waals surface area contributed by atoms with E-state index in [1.807, 2.05) is 56.3 Å². The molecule has 206 valence electrons. The Bertz CT molecular complexity index is 1290. The number of ether oxygens (including phenoxy) is 4. The number of ketones is 1. The maximum Gasteiger partial charge on any atom is 0.336 e. The van der Waals surface area contributed by atoms with Gasteiger partial charge in [0.05, 0.1) is 32.3 Å². The molecule has 0 aromatic heterocycles. The summed E-state index contributed by atoms with van der Waals surface area (Å²) in [6, 6.07) is 13.5. The third kappa shape index (κ3) is 5.45. The van der Waals surface area contributed by atoms with Gasteiger partial charge in [-0.05, 0) is 87.3 Å². The van der Waals surface area contributed by atoms with Crippen LogP contribution in [0.25, 0.3) is 0 Å². The van der Waals surface area contributed by atoms with Crippen molar-refractivity contribution in [2.24, 2.45) is 10.9 Å². The van der Waals surface area contributed by atoms with Gasteiger partial charge in [-0.1, -0.05) is 18.2 Å². The number of allylic oxidation sites excluding steroid dienone is 1. The minimum absolute atomic E-state index is 0.0220. The molecule has 3 aliphatic rings. The van der Waals surface area contributed by atoms with Crippen LogP contribution in [-0.2, 0) is 14.3 Å². The molecule has 7 nitrogen and oxygen atoms in total. The van der Waals surface area contributed by atoms with Crippen molar-refractivity contribution in [2.45, 2.75) is 70.3 Å². The van der Waals surface area contributed by atoms with E-state index in [0.717, 1.165) is 48.3 Å². The number of nitrogens with zero attached hydrogens (tertiary/aromatic N) is 1. The highest BCUT2D eigenvalue weighted by Gasteiger charge is 2.46. The molecule has 5 rings (SSSR count). The van der Waals surface area contributed by atoms with E-state index in [0.29, 0.717) is 42.2 Å². The van der Waals surface area contributed by atoms with Crippen molar-refractivity contribution in [3.8, 4) is 17.2 Å². The fourth-order valence-electron chi connectivity index (χ4n) is 6.29. The van der Waals surface area contributed by atoms with Crippen LogP contribution >= 0.6 is 0 Å². The van der Waals surface area contributed by atoms with E-state index in [9.17, 15) is 9.59 Å². The average Bonchev–Trinajstić information content (AvgIpc) is 3.45. The Morgan fingerprint density at radius 2 is 1.64 bits per heavy atom. The first-order valence-electron chi connectivity index (χ1n) is 13.9. The molecule has 1 heterocycles. The highest BCUT2D eigenvalue weighted by molar-refractivity contribution is 6.12. The number of rotatable bonds is 8. The molecular formula is C32H37NO6. The van der Waals surface area contributed by atoms with Crippen molar-refractivity contribution in [3.63, 3.8) is 0 Å². The van der Waals surface area contributed by atoms with E-state index < -0.39 is 11.8 Å². The number of carbonyl (C=O) groups is 2. The molecule has 0 radical (unpaired) electrons. The second kappa shape index (κ2) is 11.6. The second-order valence-electron chi connectivity index (χ2n) is 10.6. The van der Waals surface area contributed by atoms with Crippen LogP contribution in [0.15, 0.2) is 58.7 Å². The van der Waals surface area contributed by atoms with Gasteiger partial charge in [0.2, 0.25) is 0 Å². The Hall–Kier alpha value is -3.61. The molecule has 39 heavy (non-hydrogen) atoms. The van der Waals surface area contributed by atoms with Crippen LogP contribution in [-0.4, -0.2) is 44.4 Å². The smallest absolute Gasteiger partial charge is 0.336 e. The molecule has 0 saturated heterocycles. The lowest BCUT2D eigenvalue weighted by molar-refractivity contribution is -0.144. The van der Waals surface area contributed by atoms with Crippen LogP contribution in [0.1, 0.15) is 75.3 Å². The van der Waals surface area contributed by atoms with Crippen molar-refractivity contribution in [1.29, 1.82) is 0 Å². The zero-order valence-corrected chi connectivity index (χ0v) is 23.2. The van der Waals surface area contributed by atoms with Gasteiger partial charge in [0.25, 0.3) is 0 Å². The zero-order valence-electron chi connectivity index (χ0n) is 23.2. The summed E-state index contributed by atoms with van der Waals surface area (Å²) in [7, 11) is 3.23. The maximum atomic E-state index is 13.9. The van der Waals surface area contributed by atoms with Gasteiger partial charge in [-0.2, -0.15) is 0 Å². The van der Waals surface area contributed by atoms with Gasteiger partial charge in [-0.15, -0.1) is 0 Å². The summed E-state index contributed by atoms with van der Waals surface area (Å²) < 4.78 is 22.6. The monoisotopic (exact) mass is 531 g/mol. The van der Waals surface area contributed by atoms with E-state index in [1.54, 1.807) is 14.2 Å². The summed E-state index contributed by atoms with van der Waals surface area (Å²) in [6.07, 6.45) is 4.82. The number of aliphatic imine (C=N–C) groups is 1. The first-order chi connectivity index (χ1) is 18.9. The quantitative estimate of drug-likeness (QED) is 0.379. The Balaban J connectivity index is 1.55. The van der Waals surface area contributed by atoms with E-state index >= 15 is 0 Å². The number of fused-ring (bicyclic) bond motifs is 1. The first kappa shape index (κ1) is 27.0. The number of benzene rings is 2. The zero-order chi connectivity index (χ0) is 27.5. The maximum absolute atomic E-state index is 13.9. The lowest BCUT2D eigenvalue weighted by atomic mass is 9.66. The van der Waals surface area contributed by atoms with Gasteiger partial charge in [0.1, 0.15) is 17.6 Å².